The lowest BCUT2D eigenvalue weighted by atomic mass is 10.2. The van der Waals surface area contributed by atoms with Crippen molar-refractivity contribution in [2.45, 2.75) is 11.8 Å². The number of carbonyl (C=O) groups is 1. The van der Waals surface area contributed by atoms with Gasteiger partial charge in [0.15, 0.2) is 0 Å². The first-order valence-corrected chi connectivity index (χ1v) is 8.67. The Morgan fingerprint density at radius 3 is 2.38 bits per heavy atom. The second kappa shape index (κ2) is 6.29. The zero-order valence-electron chi connectivity index (χ0n) is 12.9. The summed E-state index contributed by atoms with van der Waals surface area (Å²) in [4.78, 5) is 16.2. The minimum absolute atomic E-state index is 0.0232. The molecule has 0 aliphatic carbocycles. The maximum Gasteiger partial charge on any atom is 0.285 e. The number of hydrogen-bond acceptors (Lipinski definition) is 4. The molecule has 6 nitrogen and oxygen atoms in total. The van der Waals surface area contributed by atoms with Gasteiger partial charge in [0.05, 0.1) is 4.90 Å². The fourth-order valence-corrected chi connectivity index (χ4v) is 3.11. The van der Waals surface area contributed by atoms with Crippen LogP contribution in [-0.2, 0) is 10.0 Å². The molecule has 24 heavy (non-hydrogen) atoms. The van der Waals surface area contributed by atoms with Crippen molar-refractivity contribution >= 4 is 15.9 Å². The number of aryl methyl sites for hydroxylation is 1. The first-order valence-electron chi connectivity index (χ1n) is 7.19. The topological polar surface area (TPSA) is 81.1 Å². The molecule has 0 aliphatic rings. The largest absolute Gasteiger partial charge is 0.305 e. The van der Waals surface area contributed by atoms with Crippen molar-refractivity contribution < 1.29 is 13.2 Å². The number of imidazole rings is 1. The Morgan fingerprint density at radius 1 is 1.04 bits per heavy atom. The lowest BCUT2D eigenvalue weighted by Gasteiger charge is -2.05. The third-order valence-electron chi connectivity index (χ3n) is 3.43. The number of hydrogen-bond donors (Lipinski definition) is 1. The molecule has 0 radical (unpaired) electrons. The molecular weight excluding hydrogens is 326 g/mol. The minimum atomic E-state index is -3.92. The van der Waals surface area contributed by atoms with Crippen molar-refractivity contribution in [3.8, 4) is 5.69 Å². The minimum Gasteiger partial charge on any atom is -0.305 e. The highest BCUT2D eigenvalue weighted by Gasteiger charge is 2.20. The number of amides is 1. The number of nitrogens with one attached hydrogen (secondary N) is 1. The predicted octanol–water partition coefficient (Wildman–Crippen LogP) is 2.30. The normalized spacial score (nSPS) is 11.2. The van der Waals surface area contributed by atoms with Gasteiger partial charge in [-0.2, -0.15) is 0 Å². The van der Waals surface area contributed by atoms with Gasteiger partial charge in [-0.15, -0.1) is 0 Å². The Balaban J connectivity index is 1.80. The van der Waals surface area contributed by atoms with Crippen molar-refractivity contribution in [1.29, 1.82) is 0 Å². The molecule has 3 rings (SSSR count). The van der Waals surface area contributed by atoms with Gasteiger partial charge in [0, 0.05) is 11.9 Å². The summed E-state index contributed by atoms with van der Waals surface area (Å²) >= 11 is 0. The van der Waals surface area contributed by atoms with Crippen molar-refractivity contribution in [2.24, 2.45) is 0 Å². The Hall–Kier alpha value is -2.93. The third-order valence-corrected chi connectivity index (χ3v) is 4.77. The van der Waals surface area contributed by atoms with E-state index in [2.05, 4.69) is 4.98 Å². The highest BCUT2D eigenvalue weighted by Crippen LogP contribution is 2.11. The molecule has 1 heterocycles. The monoisotopic (exact) mass is 341 g/mol. The average molecular weight is 341 g/mol. The van der Waals surface area contributed by atoms with Crippen molar-refractivity contribution in [1.82, 2.24) is 14.3 Å². The van der Waals surface area contributed by atoms with Gasteiger partial charge in [-0.25, -0.2) is 18.1 Å². The molecule has 122 valence electrons. The van der Waals surface area contributed by atoms with Crippen molar-refractivity contribution in [2.75, 3.05) is 0 Å². The number of rotatable bonds is 4. The Bertz CT molecular complexity index is 962. The van der Waals surface area contributed by atoms with Crippen LogP contribution in [-0.4, -0.2) is 23.9 Å². The first kappa shape index (κ1) is 15.9. The summed E-state index contributed by atoms with van der Waals surface area (Å²) in [6, 6.07) is 15.4. The summed E-state index contributed by atoms with van der Waals surface area (Å²) in [6.07, 6.45) is 2.95. The number of carbonyl (C=O) groups excluding carboxylic acids is 1. The van der Waals surface area contributed by atoms with Gasteiger partial charge in [0.2, 0.25) is 0 Å². The summed E-state index contributed by atoms with van der Waals surface area (Å²) in [5, 5.41) is 0. The Kier molecular flexibility index (Phi) is 4.18. The smallest absolute Gasteiger partial charge is 0.285 e. The second-order valence-corrected chi connectivity index (χ2v) is 6.93. The molecule has 1 amide bonds. The van der Waals surface area contributed by atoms with E-state index in [0.717, 1.165) is 11.3 Å². The van der Waals surface area contributed by atoms with E-state index in [1.54, 1.807) is 22.8 Å². The molecule has 7 heteroatoms. The van der Waals surface area contributed by atoms with Crippen LogP contribution < -0.4 is 4.72 Å². The molecule has 0 atom stereocenters. The predicted molar refractivity (Wildman–Crippen MR) is 89.4 cm³/mol. The molecule has 0 aliphatic heterocycles. The molecular formula is C17H15N3O3S. The van der Waals surface area contributed by atoms with Crippen LogP contribution in [0.25, 0.3) is 5.69 Å². The van der Waals surface area contributed by atoms with Gasteiger partial charge < -0.3 is 4.57 Å². The van der Waals surface area contributed by atoms with Gasteiger partial charge >= 0.3 is 0 Å². The summed E-state index contributed by atoms with van der Waals surface area (Å²) in [5.74, 6) is -0.773. The molecule has 1 aromatic heterocycles. The first-order chi connectivity index (χ1) is 11.5. The van der Waals surface area contributed by atoms with Gasteiger partial charge in [-0.3, -0.25) is 4.79 Å². The van der Waals surface area contributed by atoms with E-state index in [0.29, 0.717) is 0 Å². The van der Waals surface area contributed by atoms with Crippen LogP contribution >= 0.6 is 0 Å². The standard InChI is InChI=1S/C17H15N3O3S/c1-13-7-9-14(10-8-13)20-11-16(18-12-20)17(21)19-24(22,23)15-5-3-2-4-6-15/h2-12H,1H3,(H,19,21). The highest BCUT2D eigenvalue weighted by atomic mass is 32.2. The molecule has 1 N–H and O–H groups in total. The molecule has 0 saturated heterocycles. The van der Waals surface area contributed by atoms with Crippen LogP contribution in [0.3, 0.4) is 0 Å². The van der Waals surface area contributed by atoms with Crippen molar-refractivity contribution in [3.05, 3.63) is 78.4 Å². The average Bonchev–Trinajstić information content (AvgIpc) is 3.06. The van der Waals surface area contributed by atoms with Gasteiger partial charge in [-0.05, 0) is 31.2 Å². The Labute approximate surface area is 139 Å². The fourth-order valence-electron chi connectivity index (χ4n) is 2.13. The van der Waals surface area contributed by atoms with E-state index in [1.165, 1.54) is 24.7 Å². The van der Waals surface area contributed by atoms with Gasteiger partial charge in [-0.1, -0.05) is 35.9 Å². The zero-order valence-corrected chi connectivity index (χ0v) is 13.7. The van der Waals surface area contributed by atoms with Crippen LogP contribution in [0.4, 0.5) is 0 Å². The van der Waals surface area contributed by atoms with Crippen LogP contribution in [0.1, 0.15) is 16.1 Å². The van der Waals surface area contributed by atoms with E-state index in [-0.39, 0.29) is 10.6 Å². The van der Waals surface area contributed by atoms with Gasteiger partial charge in [0.25, 0.3) is 15.9 Å². The summed E-state index contributed by atoms with van der Waals surface area (Å²) in [6.45, 7) is 1.98. The maximum absolute atomic E-state index is 12.2. The van der Waals surface area contributed by atoms with E-state index in [9.17, 15) is 13.2 Å². The molecule has 0 unspecified atom stereocenters. The van der Waals surface area contributed by atoms with E-state index >= 15 is 0 Å². The quantitative estimate of drug-likeness (QED) is 0.789. The van der Waals surface area contributed by atoms with E-state index in [1.807, 2.05) is 35.9 Å². The molecule has 0 fully saturated rings. The summed E-state index contributed by atoms with van der Waals surface area (Å²) in [7, 11) is -3.92. The highest BCUT2D eigenvalue weighted by molar-refractivity contribution is 7.90. The number of sulfonamides is 1. The fraction of sp³-hybridized carbons (Fsp3) is 0.0588. The van der Waals surface area contributed by atoms with Crippen molar-refractivity contribution in [3.63, 3.8) is 0 Å². The maximum atomic E-state index is 12.2. The summed E-state index contributed by atoms with van der Waals surface area (Å²) in [5.41, 5.74) is 1.97. The molecule has 0 saturated carbocycles. The van der Waals surface area contributed by atoms with Crippen LogP contribution in [0.5, 0.6) is 0 Å². The lowest BCUT2D eigenvalue weighted by Crippen LogP contribution is -2.30. The molecule has 2 aromatic carbocycles. The second-order valence-electron chi connectivity index (χ2n) is 5.25. The van der Waals surface area contributed by atoms with E-state index < -0.39 is 15.9 Å². The number of nitrogens with zero attached hydrogens (tertiary/aromatic N) is 2. The number of benzene rings is 2. The van der Waals surface area contributed by atoms with Crippen LogP contribution in [0.15, 0.2) is 72.0 Å². The molecule has 0 bridgehead atoms. The SMILES string of the molecule is Cc1ccc(-n2cnc(C(=O)NS(=O)(=O)c3ccccc3)c2)cc1. The van der Waals surface area contributed by atoms with Crippen LogP contribution in [0.2, 0.25) is 0 Å². The van der Waals surface area contributed by atoms with E-state index in [4.69, 9.17) is 0 Å². The molecule has 3 aromatic rings. The third kappa shape index (κ3) is 3.36. The Morgan fingerprint density at radius 2 is 1.71 bits per heavy atom. The zero-order chi connectivity index (χ0) is 17.2. The summed E-state index contributed by atoms with van der Waals surface area (Å²) < 4.78 is 28.0. The lowest BCUT2D eigenvalue weighted by molar-refractivity contribution is 0.0977. The van der Waals surface area contributed by atoms with Gasteiger partial charge in [0.1, 0.15) is 12.0 Å². The molecule has 0 spiro atoms. The van der Waals surface area contributed by atoms with Crippen LogP contribution in [0, 0.1) is 6.92 Å². The number of aromatic nitrogens is 2.